The van der Waals surface area contributed by atoms with Gasteiger partial charge in [-0.1, -0.05) is 17.7 Å². The van der Waals surface area contributed by atoms with Gasteiger partial charge in [-0.3, -0.25) is 0 Å². The van der Waals surface area contributed by atoms with E-state index >= 15 is 0 Å². The van der Waals surface area contributed by atoms with E-state index in [2.05, 4.69) is 10.6 Å². The lowest BCUT2D eigenvalue weighted by atomic mass is 10.2. The van der Waals surface area contributed by atoms with Gasteiger partial charge in [0.25, 0.3) is 0 Å². The molecule has 0 saturated heterocycles. The maximum atomic E-state index is 11.7. The minimum Gasteiger partial charge on any atom is -0.462 e. The Balaban J connectivity index is 2.05. The van der Waals surface area contributed by atoms with Gasteiger partial charge in [-0.25, -0.2) is 4.79 Å². The fraction of sp³-hybridized carbons (Fsp3) is 0.176. The highest BCUT2D eigenvalue weighted by atomic mass is 35.5. The molecule has 0 heterocycles. The first-order valence-corrected chi connectivity index (χ1v) is 7.89. The highest BCUT2D eigenvalue weighted by molar-refractivity contribution is 7.80. The molecule has 0 radical (unpaired) electrons. The van der Waals surface area contributed by atoms with E-state index in [0.29, 0.717) is 28.0 Å². The molecule has 4 nitrogen and oxygen atoms in total. The number of hydrogen-bond acceptors (Lipinski definition) is 3. The van der Waals surface area contributed by atoms with Crippen LogP contribution in [0.1, 0.15) is 22.8 Å². The zero-order valence-corrected chi connectivity index (χ0v) is 14.4. The quantitative estimate of drug-likeness (QED) is 0.623. The molecule has 0 atom stereocenters. The summed E-state index contributed by atoms with van der Waals surface area (Å²) in [5.41, 5.74) is 3.04. The van der Waals surface area contributed by atoms with Gasteiger partial charge in [-0.15, -0.1) is 0 Å². The van der Waals surface area contributed by atoms with E-state index in [9.17, 15) is 4.79 Å². The zero-order chi connectivity index (χ0) is 16.8. The first-order valence-electron chi connectivity index (χ1n) is 7.11. The lowest BCUT2D eigenvalue weighted by Crippen LogP contribution is -2.19. The summed E-state index contributed by atoms with van der Waals surface area (Å²) in [6.07, 6.45) is 0. The molecule has 0 aliphatic rings. The fourth-order valence-electron chi connectivity index (χ4n) is 1.99. The van der Waals surface area contributed by atoms with Gasteiger partial charge in [0.1, 0.15) is 0 Å². The lowest BCUT2D eigenvalue weighted by Gasteiger charge is -2.13. The van der Waals surface area contributed by atoms with Crippen molar-refractivity contribution < 1.29 is 9.53 Å². The van der Waals surface area contributed by atoms with Crippen LogP contribution in [0.5, 0.6) is 0 Å². The summed E-state index contributed by atoms with van der Waals surface area (Å²) >= 11 is 11.2. The minimum absolute atomic E-state index is 0.340. The maximum Gasteiger partial charge on any atom is 0.338 e. The third kappa shape index (κ3) is 4.94. The Morgan fingerprint density at radius 3 is 2.70 bits per heavy atom. The third-order valence-electron chi connectivity index (χ3n) is 3.07. The maximum absolute atomic E-state index is 11.7. The van der Waals surface area contributed by atoms with Crippen LogP contribution in [0.25, 0.3) is 0 Å². The number of hydrogen-bond donors (Lipinski definition) is 2. The Kier molecular flexibility index (Phi) is 5.96. The van der Waals surface area contributed by atoms with E-state index in [1.165, 1.54) is 0 Å². The van der Waals surface area contributed by atoms with Crippen LogP contribution < -0.4 is 10.6 Å². The first-order chi connectivity index (χ1) is 11.0. The summed E-state index contributed by atoms with van der Waals surface area (Å²) in [4.78, 5) is 11.7. The Hall–Kier alpha value is -2.11. The largest absolute Gasteiger partial charge is 0.462 e. The van der Waals surface area contributed by atoms with Gasteiger partial charge in [0.15, 0.2) is 5.11 Å². The number of rotatable bonds is 4. The number of benzene rings is 2. The van der Waals surface area contributed by atoms with Crippen LogP contribution in [0, 0.1) is 6.92 Å². The Morgan fingerprint density at radius 2 is 2.00 bits per heavy atom. The number of anilines is 2. The molecule has 2 aromatic carbocycles. The van der Waals surface area contributed by atoms with Gasteiger partial charge >= 0.3 is 5.97 Å². The van der Waals surface area contributed by atoms with Gasteiger partial charge in [0.05, 0.1) is 12.2 Å². The molecule has 0 bridgehead atoms. The highest BCUT2D eigenvalue weighted by Crippen LogP contribution is 2.20. The molecule has 0 amide bonds. The molecule has 0 fully saturated rings. The second-order valence-corrected chi connectivity index (χ2v) is 5.68. The lowest BCUT2D eigenvalue weighted by molar-refractivity contribution is 0.0526. The van der Waals surface area contributed by atoms with Crippen LogP contribution in [0.15, 0.2) is 42.5 Å². The Morgan fingerprint density at radius 1 is 1.22 bits per heavy atom. The van der Waals surface area contributed by atoms with E-state index in [1.807, 2.05) is 25.1 Å². The van der Waals surface area contributed by atoms with Crippen molar-refractivity contribution in [3.8, 4) is 0 Å². The number of halogens is 1. The molecule has 2 N–H and O–H groups in total. The summed E-state index contributed by atoms with van der Waals surface area (Å²) in [6.45, 7) is 4.05. The van der Waals surface area contributed by atoms with E-state index in [0.717, 1.165) is 11.3 Å². The van der Waals surface area contributed by atoms with Crippen molar-refractivity contribution in [2.24, 2.45) is 0 Å². The van der Waals surface area contributed by atoms with Crippen LogP contribution in [0.4, 0.5) is 11.4 Å². The van der Waals surface area contributed by atoms with Crippen LogP contribution >= 0.6 is 23.8 Å². The van der Waals surface area contributed by atoms with Crippen LogP contribution in [0.3, 0.4) is 0 Å². The smallest absolute Gasteiger partial charge is 0.338 e. The average Bonchev–Trinajstić information content (AvgIpc) is 2.50. The number of thiocarbonyl (C=S) groups is 1. The normalized spacial score (nSPS) is 10.0. The molecule has 0 unspecified atom stereocenters. The molecule has 2 aromatic rings. The molecular weight excluding hydrogens is 332 g/mol. The van der Waals surface area contributed by atoms with Crippen molar-refractivity contribution in [3.63, 3.8) is 0 Å². The topological polar surface area (TPSA) is 50.4 Å². The third-order valence-corrected chi connectivity index (χ3v) is 3.51. The molecule has 6 heteroatoms. The number of carbonyl (C=O) groups is 1. The van der Waals surface area contributed by atoms with Gasteiger partial charge in [-0.05, 0) is 68.0 Å². The van der Waals surface area contributed by atoms with E-state index in [-0.39, 0.29) is 5.97 Å². The number of ether oxygens (including phenoxy) is 1. The second-order valence-electron chi connectivity index (χ2n) is 4.84. The number of aryl methyl sites for hydroxylation is 1. The number of carbonyl (C=O) groups excluding carboxylic acids is 1. The Bertz CT molecular complexity index is 734. The summed E-state index contributed by atoms with van der Waals surface area (Å²) in [6, 6.07) is 12.5. The average molecular weight is 349 g/mol. The molecule has 0 aliphatic heterocycles. The van der Waals surface area contributed by atoms with Crippen LogP contribution in [0.2, 0.25) is 5.02 Å². The SMILES string of the molecule is CCOC(=O)c1cccc(NC(=S)Nc2ccc(Cl)cc2C)c1. The number of nitrogens with one attached hydrogen (secondary N) is 2. The summed E-state index contributed by atoms with van der Waals surface area (Å²) in [5.74, 6) is -0.358. The van der Waals surface area contributed by atoms with E-state index in [4.69, 9.17) is 28.6 Å². The van der Waals surface area contributed by atoms with Crippen molar-refractivity contribution in [1.29, 1.82) is 0 Å². The number of esters is 1. The molecule has 120 valence electrons. The molecule has 0 aromatic heterocycles. The van der Waals surface area contributed by atoms with Crippen molar-refractivity contribution >= 4 is 46.3 Å². The predicted molar refractivity (Wildman–Crippen MR) is 98.4 cm³/mol. The second kappa shape index (κ2) is 7.94. The van der Waals surface area contributed by atoms with Gasteiger partial charge in [-0.2, -0.15) is 0 Å². The molecule has 0 saturated carbocycles. The summed E-state index contributed by atoms with van der Waals surface area (Å²) < 4.78 is 4.98. The summed E-state index contributed by atoms with van der Waals surface area (Å²) in [5, 5.41) is 7.26. The van der Waals surface area contributed by atoms with Crippen LogP contribution in [-0.2, 0) is 4.74 Å². The molecule has 23 heavy (non-hydrogen) atoms. The standard InChI is InChI=1S/C17H17ClN2O2S/c1-3-22-16(21)12-5-4-6-14(10-12)19-17(23)20-15-8-7-13(18)9-11(15)2/h4-10H,3H2,1-2H3,(H2,19,20,23). The highest BCUT2D eigenvalue weighted by Gasteiger charge is 2.08. The Labute approximate surface area is 145 Å². The fourth-order valence-corrected chi connectivity index (χ4v) is 2.44. The molecular formula is C17H17ClN2O2S. The zero-order valence-electron chi connectivity index (χ0n) is 12.9. The van der Waals surface area contributed by atoms with Gasteiger partial charge in [0, 0.05) is 16.4 Å². The predicted octanol–water partition coefficient (Wildman–Crippen LogP) is 4.63. The van der Waals surface area contributed by atoms with Crippen LogP contribution in [-0.4, -0.2) is 17.7 Å². The molecule has 0 aliphatic carbocycles. The van der Waals surface area contributed by atoms with Crippen molar-refractivity contribution in [2.75, 3.05) is 17.2 Å². The van der Waals surface area contributed by atoms with Crippen molar-refractivity contribution in [2.45, 2.75) is 13.8 Å². The van der Waals surface area contributed by atoms with E-state index in [1.54, 1.807) is 31.2 Å². The molecule has 0 spiro atoms. The summed E-state index contributed by atoms with van der Waals surface area (Å²) in [7, 11) is 0. The van der Waals surface area contributed by atoms with Gasteiger partial charge in [0.2, 0.25) is 0 Å². The minimum atomic E-state index is -0.358. The monoisotopic (exact) mass is 348 g/mol. The molecule has 2 rings (SSSR count). The van der Waals surface area contributed by atoms with E-state index < -0.39 is 0 Å². The van der Waals surface area contributed by atoms with Crippen molar-refractivity contribution in [3.05, 3.63) is 58.6 Å². The first kappa shape index (κ1) is 17.2. The van der Waals surface area contributed by atoms with Gasteiger partial charge < -0.3 is 15.4 Å². The van der Waals surface area contributed by atoms with Crippen molar-refractivity contribution in [1.82, 2.24) is 0 Å².